The van der Waals surface area contributed by atoms with Gasteiger partial charge in [0.15, 0.2) is 0 Å². The van der Waals surface area contributed by atoms with E-state index in [2.05, 4.69) is 33.2 Å². The highest BCUT2D eigenvalue weighted by atomic mass is 15.4. The number of nitrogens with two attached hydrogens (primary N) is 1. The van der Waals surface area contributed by atoms with Gasteiger partial charge in [-0.15, -0.1) is 0 Å². The minimum Gasteiger partial charge on any atom is -0.372 e. The molecule has 1 fully saturated rings. The van der Waals surface area contributed by atoms with Gasteiger partial charge < -0.3 is 10.6 Å². The molecule has 0 radical (unpaired) electrons. The number of anilines is 2. The molecule has 5 heteroatoms. The maximum Gasteiger partial charge on any atom is 0.221 e. The van der Waals surface area contributed by atoms with E-state index >= 15 is 0 Å². The van der Waals surface area contributed by atoms with Crippen molar-refractivity contribution in [3.05, 3.63) is 41.7 Å². The summed E-state index contributed by atoms with van der Waals surface area (Å²) in [5, 5.41) is 4.35. The van der Waals surface area contributed by atoms with Gasteiger partial charge in [-0.25, -0.2) is 9.66 Å². The van der Waals surface area contributed by atoms with Gasteiger partial charge in [-0.2, -0.15) is 5.10 Å². The SMILES string of the molecule is Cc1cn(N=Cc2cccc(N3CCCC3)c2)c(N)n1. The van der Waals surface area contributed by atoms with E-state index in [1.807, 2.05) is 25.4 Å². The van der Waals surface area contributed by atoms with Gasteiger partial charge in [-0.05, 0) is 37.5 Å². The largest absolute Gasteiger partial charge is 0.372 e. The molecule has 1 aliphatic rings. The second-order valence-corrected chi connectivity index (χ2v) is 5.12. The highest BCUT2D eigenvalue weighted by Gasteiger charge is 2.11. The number of nitrogens with zero attached hydrogens (tertiary/aromatic N) is 4. The van der Waals surface area contributed by atoms with Crippen molar-refractivity contribution in [3.63, 3.8) is 0 Å². The molecular weight excluding hydrogens is 250 g/mol. The molecule has 2 N–H and O–H groups in total. The van der Waals surface area contributed by atoms with Crippen molar-refractivity contribution in [2.75, 3.05) is 23.7 Å². The van der Waals surface area contributed by atoms with E-state index < -0.39 is 0 Å². The molecule has 2 heterocycles. The maximum absolute atomic E-state index is 5.76. The lowest BCUT2D eigenvalue weighted by atomic mass is 10.2. The lowest BCUT2D eigenvalue weighted by Gasteiger charge is -2.17. The Labute approximate surface area is 118 Å². The highest BCUT2D eigenvalue weighted by molar-refractivity contribution is 5.81. The van der Waals surface area contributed by atoms with Crippen LogP contribution in [-0.2, 0) is 0 Å². The molecule has 2 aromatic rings. The van der Waals surface area contributed by atoms with Crippen LogP contribution in [0.3, 0.4) is 0 Å². The monoisotopic (exact) mass is 269 g/mol. The van der Waals surface area contributed by atoms with Crippen molar-refractivity contribution >= 4 is 17.9 Å². The van der Waals surface area contributed by atoms with Crippen molar-refractivity contribution in [2.24, 2.45) is 5.10 Å². The normalized spacial score (nSPS) is 15.3. The Morgan fingerprint density at radius 2 is 2.10 bits per heavy atom. The van der Waals surface area contributed by atoms with Gasteiger partial charge in [0.2, 0.25) is 5.95 Å². The van der Waals surface area contributed by atoms with Gasteiger partial charge in [0, 0.05) is 18.8 Å². The van der Waals surface area contributed by atoms with Crippen LogP contribution in [0.25, 0.3) is 0 Å². The van der Waals surface area contributed by atoms with Gasteiger partial charge in [0.05, 0.1) is 18.1 Å². The second-order valence-electron chi connectivity index (χ2n) is 5.12. The first-order chi connectivity index (χ1) is 9.72. The number of imidazole rings is 1. The Morgan fingerprint density at radius 1 is 1.30 bits per heavy atom. The van der Waals surface area contributed by atoms with E-state index in [1.54, 1.807) is 4.68 Å². The first kappa shape index (κ1) is 12.7. The molecule has 0 saturated carbocycles. The molecule has 0 unspecified atom stereocenters. The summed E-state index contributed by atoms with van der Waals surface area (Å²) < 4.78 is 1.60. The van der Waals surface area contributed by atoms with Crippen molar-refractivity contribution in [1.29, 1.82) is 0 Å². The zero-order valence-electron chi connectivity index (χ0n) is 11.7. The van der Waals surface area contributed by atoms with E-state index in [4.69, 9.17) is 5.73 Å². The summed E-state index contributed by atoms with van der Waals surface area (Å²) in [6.45, 7) is 4.19. The molecule has 5 nitrogen and oxygen atoms in total. The van der Waals surface area contributed by atoms with Crippen LogP contribution >= 0.6 is 0 Å². The lowest BCUT2D eigenvalue weighted by molar-refractivity contribution is 0.897. The third-order valence-corrected chi connectivity index (χ3v) is 3.51. The smallest absolute Gasteiger partial charge is 0.221 e. The van der Waals surface area contributed by atoms with E-state index in [-0.39, 0.29) is 0 Å². The topological polar surface area (TPSA) is 59.4 Å². The average Bonchev–Trinajstić information content (AvgIpc) is 3.07. The second kappa shape index (κ2) is 5.36. The average molecular weight is 269 g/mol. The van der Waals surface area contributed by atoms with Gasteiger partial charge in [-0.3, -0.25) is 0 Å². The Hall–Kier alpha value is -2.30. The Kier molecular flexibility index (Phi) is 3.41. The first-order valence-electron chi connectivity index (χ1n) is 6.93. The van der Waals surface area contributed by atoms with Gasteiger partial charge >= 0.3 is 0 Å². The van der Waals surface area contributed by atoms with Crippen LogP contribution in [0.1, 0.15) is 24.1 Å². The standard InChI is InChI=1S/C15H19N5/c1-12-11-20(15(16)18-12)17-10-13-5-4-6-14(9-13)19-7-2-3-8-19/h4-6,9-11H,2-3,7-8H2,1H3,(H2,16,18). The van der Waals surface area contributed by atoms with Crippen molar-refractivity contribution in [3.8, 4) is 0 Å². The van der Waals surface area contributed by atoms with Crippen molar-refractivity contribution in [1.82, 2.24) is 9.66 Å². The molecule has 1 aromatic carbocycles. The summed E-state index contributed by atoms with van der Waals surface area (Å²) in [5.74, 6) is 0.412. The molecule has 3 rings (SSSR count). The molecule has 0 spiro atoms. The molecule has 20 heavy (non-hydrogen) atoms. The number of benzene rings is 1. The molecule has 0 atom stereocenters. The minimum absolute atomic E-state index is 0.412. The van der Waals surface area contributed by atoms with Gasteiger partial charge in [-0.1, -0.05) is 12.1 Å². The third kappa shape index (κ3) is 2.66. The van der Waals surface area contributed by atoms with Crippen LogP contribution in [0.5, 0.6) is 0 Å². The first-order valence-corrected chi connectivity index (χ1v) is 6.93. The number of nitrogen functional groups attached to an aromatic ring is 1. The summed E-state index contributed by atoms with van der Waals surface area (Å²) in [5.41, 5.74) is 8.97. The number of hydrogen-bond donors (Lipinski definition) is 1. The Morgan fingerprint density at radius 3 is 2.80 bits per heavy atom. The van der Waals surface area contributed by atoms with E-state index in [0.717, 1.165) is 24.3 Å². The van der Waals surface area contributed by atoms with Crippen LogP contribution in [-0.4, -0.2) is 29.0 Å². The molecule has 1 aliphatic heterocycles. The van der Waals surface area contributed by atoms with E-state index in [0.29, 0.717) is 5.95 Å². The summed E-state index contributed by atoms with van der Waals surface area (Å²) >= 11 is 0. The van der Waals surface area contributed by atoms with E-state index in [9.17, 15) is 0 Å². The van der Waals surface area contributed by atoms with Gasteiger partial charge in [0.1, 0.15) is 0 Å². The van der Waals surface area contributed by atoms with Crippen LogP contribution in [0, 0.1) is 6.92 Å². The molecular formula is C15H19N5. The molecule has 0 bridgehead atoms. The van der Waals surface area contributed by atoms with Crippen LogP contribution in [0.2, 0.25) is 0 Å². The fourth-order valence-corrected chi connectivity index (χ4v) is 2.50. The number of rotatable bonds is 3. The summed E-state index contributed by atoms with van der Waals surface area (Å²) in [4.78, 5) is 6.53. The minimum atomic E-state index is 0.412. The fraction of sp³-hybridized carbons (Fsp3) is 0.333. The van der Waals surface area contributed by atoms with Crippen molar-refractivity contribution < 1.29 is 0 Å². The van der Waals surface area contributed by atoms with Crippen molar-refractivity contribution in [2.45, 2.75) is 19.8 Å². The molecule has 104 valence electrons. The van der Waals surface area contributed by atoms with E-state index in [1.165, 1.54) is 18.5 Å². The van der Waals surface area contributed by atoms with Crippen LogP contribution in [0.15, 0.2) is 35.6 Å². The predicted octanol–water partition coefficient (Wildman–Crippen LogP) is 2.26. The summed E-state index contributed by atoms with van der Waals surface area (Å²) in [7, 11) is 0. The molecule has 0 aliphatic carbocycles. The summed E-state index contributed by atoms with van der Waals surface area (Å²) in [6, 6.07) is 8.42. The lowest BCUT2D eigenvalue weighted by Crippen LogP contribution is -2.17. The predicted molar refractivity (Wildman–Crippen MR) is 82.3 cm³/mol. The molecule has 1 saturated heterocycles. The number of aryl methyl sites for hydroxylation is 1. The summed E-state index contributed by atoms with van der Waals surface area (Å²) in [6.07, 6.45) is 6.19. The Balaban J connectivity index is 1.80. The number of aromatic nitrogens is 2. The zero-order valence-corrected chi connectivity index (χ0v) is 11.7. The van der Waals surface area contributed by atoms with Crippen LogP contribution < -0.4 is 10.6 Å². The quantitative estimate of drug-likeness (QED) is 0.869. The van der Waals surface area contributed by atoms with Gasteiger partial charge in [0.25, 0.3) is 0 Å². The zero-order chi connectivity index (χ0) is 13.9. The third-order valence-electron chi connectivity index (χ3n) is 3.51. The molecule has 1 aromatic heterocycles. The maximum atomic E-state index is 5.76. The molecule has 0 amide bonds. The number of hydrogen-bond acceptors (Lipinski definition) is 4. The highest BCUT2D eigenvalue weighted by Crippen LogP contribution is 2.20. The Bertz CT molecular complexity index is 623. The fourth-order valence-electron chi connectivity index (χ4n) is 2.50. The van der Waals surface area contributed by atoms with Crippen LogP contribution in [0.4, 0.5) is 11.6 Å².